The average molecular weight is 307 g/mol. The van der Waals surface area contributed by atoms with E-state index in [9.17, 15) is 0 Å². The van der Waals surface area contributed by atoms with Gasteiger partial charge in [0.2, 0.25) is 0 Å². The first-order valence-corrected chi connectivity index (χ1v) is 9.00. The zero-order valence-corrected chi connectivity index (χ0v) is 13.8. The second kappa shape index (κ2) is 6.39. The molecule has 3 heterocycles. The minimum Gasteiger partial charge on any atom is -0.315 e. The Kier molecular flexibility index (Phi) is 4.56. The summed E-state index contributed by atoms with van der Waals surface area (Å²) in [7, 11) is 0. The molecule has 108 valence electrons. The van der Waals surface area contributed by atoms with Crippen molar-refractivity contribution in [1.82, 2.24) is 10.2 Å². The molecule has 0 bridgehead atoms. The van der Waals surface area contributed by atoms with E-state index in [0.717, 1.165) is 19.6 Å². The standard InChI is InChI=1S/C16H22N2S2/c1-12-6-11-19-16(12)15(14-5-4-13(2)20-14)18-9-3-7-17-8-10-18/h4-6,11,15,17H,3,7-10H2,1-2H3. The van der Waals surface area contributed by atoms with Gasteiger partial charge in [-0.05, 0) is 56.0 Å². The van der Waals surface area contributed by atoms with Crippen molar-refractivity contribution in [2.75, 3.05) is 26.2 Å². The molecule has 0 saturated carbocycles. The van der Waals surface area contributed by atoms with Crippen LogP contribution in [-0.4, -0.2) is 31.1 Å². The molecule has 1 unspecified atom stereocenters. The maximum Gasteiger partial charge on any atom is 0.0793 e. The van der Waals surface area contributed by atoms with Crippen LogP contribution in [0.5, 0.6) is 0 Å². The summed E-state index contributed by atoms with van der Waals surface area (Å²) in [6.45, 7) is 9.03. The maximum atomic E-state index is 3.51. The molecule has 0 radical (unpaired) electrons. The third-order valence-corrected chi connectivity index (χ3v) is 6.04. The molecule has 1 saturated heterocycles. The van der Waals surface area contributed by atoms with Crippen molar-refractivity contribution >= 4 is 22.7 Å². The van der Waals surface area contributed by atoms with E-state index in [0.29, 0.717) is 6.04 Å². The second-order valence-corrected chi connectivity index (χ2v) is 7.73. The zero-order chi connectivity index (χ0) is 13.9. The summed E-state index contributed by atoms with van der Waals surface area (Å²) in [5.74, 6) is 0. The molecule has 0 spiro atoms. The monoisotopic (exact) mass is 306 g/mol. The highest BCUT2D eigenvalue weighted by Crippen LogP contribution is 2.37. The molecule has 0 aromatic carbocycles. The van der Waals surface area contributed by atoms with E-state index < -0.39 is 0 Å². The molecule has 0 aliphatic carbocycles. The van der Waals surface area contributed by atoms with E-state index in [1.807, 2.05) is 22.7 Å². The fourth-order valence-electron chi connectivity index (χ4n) is 2.86. The van der Waals surface area contributed by atoms with Crippen molar-refractivity contribution in [3.8, 4) is 0 Å². The highest BCUT2D eigenvalue weighted by atomic mass is 32.1. The van der Waals surface area contributed by atoms with Crippen LogP contribution in [0.25, 0.3) is 0 Å². The Balaban J connectivity index is 1.96. The van der Waals surface area contributed by atoms with E-state index in [2.05, 4.69) is 47.6 Å². The number of hydrogen-bond acceptors (Lipinski definition) is 4. The lowest BCUT2D eigenvalue weighted by atomic mass is 10.1. The van der Waals surface area contributed by atoms with Crippen molar-refractivity contribution < 1.29 is 0 Å². The van der Waals surface area contributed by atoms with E-state index in [-0.39, 0.29) is 0 Å². The van der Waals surface area contributed by atoms with Crippen molar-refractivity contribution in [2.45, 2.75) is 26.3 Å². The van der Waals surface area contributed by atoms with Gasteiger partial charge < -0.3 is 5.32 Å². The minimum absolute atomic E-state index is 0.452. The van der Waals surface area contributed by atoms with Crippen LogP contribution in [0.2, 0.25) is 0 Å². The average Bonchev–Trinajstić information content (AvgIpc) is 2.93. The topological polar surface area (TPSA) is 15.3 Å². The Labute approximate surface area is 129 Å². The van der Waals surface area contributed by atoms with Gasteiger partial charge in [0.25, 0.3) is 0 Å². The van der Waals surface area contributed by atoms with Crippen molar-refractivity contribution in [3.05, 3.63) is 43.8 Å². The number of hydrogen-bond donors (Lipinski definition) is 1. The number of aryl methyl sites for hydroxylation is 2. The quantitative estimate of drug-likeness (QED) is 0.927. The van der Waals surface area contributed by atoms with Gasteiger partial charge in [-0.15, -0.1) is 22.7 Å². The lowest BCUT2D eigenvalue weighted by Crippen LogP contribution is -2.32. The number of nitrogens with zero attached hydrogens (tertiary/aromatic N) is 1. The molecule has 1 N–H and O–H groups in total. The SMILES string of the molecule is Cc1ccc(C(c2sccc2C)N2CCCNCC2)s1. The van der Waals surface area contributed by atoms with Crippen LogP contribution in [0.1, 0.15) is 32.7 Å². The number of thiophene rings is 2. The molecular weight excluding hydrogens is 284 g/mol. The lowest BCUT2D eigenvalue weighted by Gasteiger charge is -2.29. The van der Waals surface area contributed by atoms with E-state index in [1.165, 1.54) is 33.2 Å². The highest BCUT2D eigenvalue weighted by Gasteiger charge is 2.26. The van der Waals surface area contributed by atoms with Crippen molar-refractivity contribution in [3.63, 3.8) is 0 Å². The van der Waals surface area contributed by atoms with Gasteiger partial charge in [0, 0.05) is 34.3 Å². The lowest BCUT2D eigenvalue weighted by molar-refractivity contribution is 0.246. The highest BCUT2D eigenvalue weighted by molar-refractivity contribution is 7.13. The summed E-state index contributed by atoms with van der Waals surface area (Å²) in [5, 5.41) is 5.74. The summed E-state index contributed by atoms with van der Waals surface area (Å²) in [4.78, 5) is 7.08. The maximum absolute atomic E-state index is 3.51. The Morgan fingerprint density at radius 2 is 2.05 bits per heavy atom. The van der Waals surface area contributed by atoms with Crippen LogP contribution >= 0.6 is 22.7 Å². The molecule has 2 aromatic heterocycles. The van der Waals surface area contributed by atoms with Crippen LogP contribution < -0.4 is 5.32 Å². The van der Waals surface area contributed by atoms with Crippen LogP contribution in [0, 0.1) is 13.8 Å². The van der Waals surface area contributed by atoms with E-state index >= 15 is 0 Å². The summed E-state index contributed by atoms with van der Waals surface area (Å²) >= 11 is 3.85. The summed E-state index contributed by atoms with van der Waals surface area (Å²) in [6.07, 6.45) is 1.24. The summed E-state index contributed by atoms with van der Waals surface area (Å²) < 4.78 is 0. The fraction of sp³-hybridized carbons (Fsp3) is 0.500. The van der Waals surface area contributed by atoms with Crippen LogP contribution in [-0.2, 0) is 0 Å². The van der Waals surface area contributed by atoms with E-state index in [4.69, 9.17) is 0 Å². The van der Waals surface area contributed by atoms with E-state index in [1.54, 1.807) is 0 Å². The fourth-order valence-corrected chi connectivity index (χ4v) is 5.04. The molecular formula is C16H22N2S2. The smallest absolute Gasteiger partial charge is 0.0793 e. The largest absolute Gasteiger partial charge is 0.315 e. The molecule has 2 nitrogen and oxygen atoms in total. The normalized spacial score (nSPS) is 18.9. The summed E-state index contributed by atoms with van der Waals surface area (Å²) in [5.41, 5.74) is 1.43. The Bertz CT molecular complexity index is 550. The van der Waals surface area contributed by atoms with Gasteiger partial charge in [-0.3, -0.25) is 4.90 Å². The Morgan fingerprint density at radius 1 is 1.15 bits per heavy atom. The van der Waals surface area contributed by atoms with Crippen molar-refractivity contribution in [1.29, 1.82) is 0 Å². The Hall–Kier alpha value is -0.680. The summed E-state index contributed by atoms with van der Waals surface area (Å²) in [6, 6.07) is 7.28. The van der Waals surface area contributed by atoms with Gasteiger partial charge in [-0.25, -0.2) is 0 Å². The van der Waals surface area contributed by atoms with Gasteiger partial charge in [-0.2, -0.15) is 0 Å². The predicted molar refractivity (Wildman–Crippen MR) is 89.0 cm³/mol. The van der Waals surface area contributed by atoms with Crippen LogP contribution in [0.4, 0.5) is 0 Å². The number of rotatable bonds is 3. The van der Waals surface area contributed by atoms with Crippen LogP contribution in [0.15, 0.2) is 23.6 Å². The van der Waals surface area contributed by atoms with Gasteiger partial charge in [0.15, 0.2) is 0 Å². The molecule has 0 amide bonds. The second-order valence-electron chi connectivity index (χ2n) is 5.46. The molecule has 1 aliphatic rings. The van der Waals surface area contributed by atoms with Gasteiger partial charge in [0.05, 0.1) is 6.04 Å². The first kappa shape index (κ1) is 14.3. The first-order chi connectivity index (χ1) is 9.75. The Morgan fingerprint density at radius 3 is 2.75 bits per heavy atom. The van der Waals surface area contributed by atoms with Gasteiger partial charge in [0.1, 0.15) is 0 Å². The van der Waals surface area contributed by atoms with Crippen LogP contribution in [0.3, 0.4) is 0 Å². The third kappa shape index (κ3) is 2.98. The van der Waals surface area contributed by atoms with Gasteiger partial charge >= 0.3 is 0 Å². The molecule has 3 rings (SSSR count). The molecule has 1 atom stereocenters. The number of nitrogens with one attached hydrogen (secondary N) is 1. The third-order valence-electron chi connectivity index (χ3n) is 3.92. The minimum atomic E-state index is 0.452. The molecule has 20 heavy (non-hydrogen) atoms. The molecule has 4 heteroatoms. The molecule has 1 fully saturated rings. The predicted octanol–water partition coefficient (Wildman–Crippen LogP) is 3.81. The zero-order valence-electron chi connectivity index (χ0n) is 12.2. The molecule has 2 aromatic rings. The first-order valence-electron chi connectivity index (χ1n) is 7.31. The van der Waals surface area contributed by atoms with Crippen molar-refractivity contribution in [2.24, 2.45) is 0 Å². The molecule has 1 aliphatic heterocycles. The van der Waals surface area contributed by atoms with Gasteiger partial charge in [-0.1, -0.05) is 0 Å².